The van der Waals surface area contributed by atoms with E-state index in [1.165, 1.54) is 6.07 Å². The lowest BCUT2D eigenvalue weighted by atomic mass is 10.2. The van der Waals surface area contributed by atoms with E-state index in [2.05, 4.69) is 21.2 Å². The van der Waals surface area contributed by atoms with E-state index in [0.29, 0.717) is 6.54 Å². The lowest BCUT2D eigenvalue weighted by Gasteiger charge is -2.11. The monoisotopic (exact) mass is 312 g/mol. The van der Waals surface area contributed by atoms with Gasteiger partial charge in [-0.3, -0.25) is 0 Å². The molecule has 2 aromatic rings. The highest BCUT2D eigenvalue weighted by atomic mass is 79.9. The molecule has 0 bridgehead atoms. The van der Waals surface area contributed by atoms with Crippen molar-refractivity contribution in [2.75, 3.05) is 11.1 Å². The Bertz CT molecular complexity index is 573. The molecule has 0 saturated heterocycles. The minimum Gasteiger partial charge on any atom is -0.397 e. The first-order valence-electron chi connectivity index (χ1n) is 5.30. The summed E-state index contributed by atoms with van der Waals surface area (Å²) in [5, 5.41) is 2.81. The Morgan fingerprint density at radius 2 is 1.83 bits per heavy atom. The normalized spacial score (nSPS) is 10.4. The highest BCUT2D eigenvalue weighted by molar-refractivity contribution is 9.10. The molecule has 0 radical (unpaired) electrons. The van der Waals surface area contributed by atoms with E-state index in [0.717, 1.165) is 16.1 Å². The van der Waals surface area contributed by atoms with Gasteiger partial charge in [0.2, 0.25) is 0 Å². The van der Waals surface area contributed by atoms with Crippen LogP contribution in [0.1, 0.15) is 5.56 Å². The number of halogens is 3. The van der Waals surface area contributed by atoms with Crippen molar-refractivity contribution in [3.63, 3.8) is 0 Å². The molecular formula is C13H11BrF2N2. The van der Waals surface area contributed by atoms with Gasteiger partial charge in [0.15, 0.2) is 11.6 Å². The third-order valence-corrected chi connectivity index (χ3v) is 3.31. The number of benzene rings is 2. The number of nitrogens with one attached hydrogen (secondary N) is 1. The number of hydrogen-bond acceptors (Lipinski definition) is 2. The quantitative estimate of drug-likeness (QED) is 0.843. The molecule has 5 heteroatoms. The Balaban J connectivity index is 2.21. The summed E-state index contributed by atoms with van der Waals surface area (Å²) in [5.74, 6) is -1.87. The molecule has 0 aliphatic heterocycles. The van der Waals surface area contributed by atoms with Gasteiger partial charge in [0, 0.05) is 11.0 Å². The number of nitrogens with two attached hydrogens (primary N) is 1. The van der Waals surface area contributed by atoms with E-state index < -0.39 is 11.6 Å². The molecule has 0 aliphatic rings. The van der Waals surface area contributed by atoms with Crippen molar-refractivity contribution in [1.82, 2.24) is 0 Å². The molecule has 0 saturated carbocycles. The van der Waals surface area contributed by atoms with Crippen molar-refractivity contribution < 1.29 is 8.78 Å². The van der Waals surface area contributed by atoms with Crippen LogP contribution in [0.3, 0.4) is 0 Å². The zero-order chi connectivity index (χ0) is 13.1. The number of nitrogen functional groups attached to an aromatic ring is 1. The molecule has 0 atom stereocenters. The third-order valence-electron chi connectivity index (χ3n) is 2.54. The number of hydrogen-bond donors (Lipinski definition) is 2. The van der Waals surface area contributed by atoms with Gasteiger partial charge in [-0.15, -0.1) is 0 Å². The third kappa shape index (κ3) is 2.61. The topological polar surface area (TPSA) is 38.0 Å². The number of rotatable bonds is 3. The van der Waals surface area contributed by atoms with Crippen LogP contribution >= 0.6 is 15.9 Å². The zero-order valence-electron chi connectivity index (χ0n) is 9.38. The van der Waals surface area contributed by atoms with Crippen molar-refractivity contribution in [2.24, 2.45) is 0 Å². The van der Waals surface area contributed by atoms with Gasteiger partial charge in [0.05, 0.1) is 11.4 Å². The summed E-state index contributed by atoms with van der Waals surface area (Å²) in [4.78, 5) is 0. The van der Waals surface area contributed by atoms with Gasteiger partial charge in [0.1, 0.15) is 0 Å². The summed E-state index contributed by atoms with van der Waals surface area (Å²) in [5.41, 5.74) is 6.72. The fraction of sp³-hybridized carbons (Fsp3) is 0.0769. The predicted molar refractivity (Wildman–Crippen MR) is 72.2 cm³/mol. The second kappa shape index (κ2) is 5.35. The summed E-state index contributed by atoms with van der Waals surface area (Å²) in [6.07, 6.45) is 0. The molecule has 2 nitrogen and oxygen atoms in total. The first-order valence-corrected chi connectivity index (χ1v) is 6.09. The minimum absolute atomic E-state index is 0.00856. The molecule has 0 spiro atoms. The molecule has 0 aliphatic carbocycles. The Labute approximate surface area is 112 Å². The van der Waals surface area contributed by atoms with Crippen molar-refractivity contribution in [1.29, 1.82) is 0 Å². The SMILES string of the molecule is Nc1ccc(F)c(F)c1NCc1ccccc1Br. The van der Waals surface area contributed by atoms with Gasteiger partial charge in [-0.2, -0.15) is 0 Å². The molecule has 0 amide bonds. The molecule has 0 unspecified atom stereocenters. The first-order chi connectivity index (χ1) is 8.59. The van der Waals surface area contributed by atoms with Crippen molar-refractivity contribution in [2.45, 2.75) is 6.54 Å². The van der Waals surface area contributed by atoms with Crippen LogP contribution in [0.15, 0.2) is 40.9 Å². The summed E-state index contributed by atoms with van der Waals surface area (Å²) in [6.45, 7) is 0.353. The van der Waals surface area contributed by atoms with Crippen LogP contribution in [0.25, 0.3) is 0 Å². The molecule has 18 heavy (non-hydrogen) atoms. The Hall–Kier alpha value is -1.62. The van der Waals surface area contributed by atoms with Crippen LogP contribution in [0.5, 0.6) is 0 Å². The van der Waals surface area contributed by atoms with Gasteiger partial charge in [-0.05, 0) is 23.8 Å². The van der Waals surface area contributed by atoms with Crippen LogP contribution in [-0.2, 0) is 6.54 Å². The summed E-state index contributed by atoms with van der Waals surface area (Å²) < 4.78 is 27.5. The maximum absolute atomic E-state index is 13.5. The second-order valence-corrected chi connectivity index (χ2v) is 4.62. The molecular weight excluding hydrogens is 302 g/mol. The Kier molecular flexibility index (Phi) is 3.81. The van der Waals surface area contributed by atoms with Gasteiger partial charge >= 0.3 is 0 Å². The van der Waals surface area contributed by atoms with Crippen LogP contribution in [-0.4, -0.2) is 0 Å². The molecule has 2 rings (SSSR count). The number of anilines is 2. The van der Waals surface area contributed by atoms with Gasteiger partial charge < -0.3 is 11.1 Å². The summed E-state index contributed by atoms with van der Waals surface area (Å²) in [6, 6.07) is 9.85. The van der Waals surface area contributed by atoms with Crippen molar-refractivity contribution in [3.05, 3.63) is 58.1 Å². The maximum Gasteiger partial charge on any atom is 0.183 e. The molecule has 0 fully saturated rings. The van der Waals surface area contributed by atoms with Gasteiger partial charge in [0.25, 0.3) is 0 Å². The molecule has 0 heterocycles. The van der Waals surface area contributed by atoms with E-state index in [1.807, 2.05) is 24.3 Å². The molecule has 3 N–H and O–H groups in total. The lowest BCUT2D eigenvalue weighted by molar-refractivity contribution is 0.511. The Morgan fingerprint density at radius 1 is 1.11 bits per heavy atom. The highest BCUT2D eigenvalue weighted by Gasteiger charge is 2.11. The van der Waals surface area contributed by atoms with Crippen LogP contribution in [0.4, 0.5) is 20.2 Å². The van der Waals surface area contributed by atoms with E-state index in [9.17, 15) is 8.78 Å². The summed E-state index contributed by atoms with van der Waals surface area (Å²) >= 11 is 3.38. The Morgan fingerprint density at radius 3 is 2.56 bits per heavy atom. The van der Waals surface area contributed by atoms with Gasteiger partial charge in [-0.25, -0.2) is 8.78 Å². The first kappa shape index (κ1) is 12.8. The molecule has 0 aromatic heterocycles. The van der Waals surface area contributed by atoms with Crippen molar-refractivity contribution >= 4 is 27.3 Å². The van der Waals surface area contributed by atoms with E-state index in [1.54, 1.807) is 0 Å². The average molecular weight is 313 g/mol. The molecule has 94 valence electrons. The van der Waals surface area contributed by atoms with E-state index in [-0.39, 0.29) is 11.4 Å². The molecule has 2 aromatic carbocycles. The second-order valence-electron chi connectivity index (χ2n) is 3.77. The highest BCUT2D eigenvalue weighted by Crippen LogP contribution is 2.26. The smallest absolute Gasteiger partial charge is 0.183 e. The zero-order valence-corrected chi connectivity index (χ0v) is 11.0. The average Bonchev–Trinajstić information content (AvgIpc) is 2.36. The maximum atomic E-state index is 13.5. The van der Waals surface area contributed by atoms with Crippen LogP contribution in [0.2, 0.25) is 0 Å². The minimum atomic E-state index is -0.956. The van der Waals surface area contributed by atoms with Gasteiger partial charge in [-0.1, -0.05) is 34.1 Å². The van der Waals surface area contributed by atoms with Crippen LogP contribution in [0, 0.1) is 11.6 Å². The summed E-state index contributed by atoms with van der Waals surface area (Å²) in [7, 11) is 0. The van der Waals surface area contributed by atoms with Crippen molar-refractivity contribution in [3.8, 4) is 0 Å². The lowest BCUT2D eigenvalue weighted by Crippen LogP contribution is -2.06. The van der Waals surface area contributed by atoms with E-state index in [4.69, 9.17) is 5.73 Å². The fourth-order valence-corrected chi connectivity index (χ4v) is 2.00. The standard InChI is InChI=1S/C13H11BrF2N2/c14-9-4-2-1-3-8(9)7-18-13-11(17)6-5-10(15)12(13)16/h1-6,18H,7,17H2. The fourth-order valence-electron chi connectivity index (χ4n) is 1.57. The van der Waals surface area contributed by atoms with E-state index >= 15 is 0 Å². The predicted octanol–water partition coefficient (Wildman–Crippen LogP) is 3.92. The van der Waals surface area contributed by atoms with Crippen LogP contribution < -0.4 is 11.1 Å². The largest absolute Gasteiger partial charge is 0.397 e.